The number of carboxylic acids is 1. The van der Waals surface area contributed by atoms with E-state index in [1.54, 1.807) is 25.1 Å². The Morgan fingerprint density at radius 2 is 2.00 bits per heavy atom. The smallest absolute Gasteiger partial charge is 0.311 e. The summed E-state index contributed by atoms with van der Waals surface area (Å²) in [6.45, 7) is 2.62. The number of benzene rings is 1. The molecule has 2 aliphatic rings. The van der Waals surface area contributed by atoms with Gasteiger partial charge in [-0.1, -0.05) is 23.2 Å². The molecule has 0 aliphatic carbocycles. The minimum Gasteiger partial charge on any atom is -0.481 e. The fourth-order valence-electron chi connectivity index (χ4n) is 3.66. The van der Waals surface area contributed by atoms with Gasteiger partial charge >= 0.3 is 5.97 Å². The number of hydrogen-bond acceptors (Lipinski definition) is 3. The topological polar surface area (TPSA) is 77.9 Å². The summed E-state index contributed by atoms with van der Waals surface area (Å²) < 4.78 is 0. The van der Waals surface area contributed by atoms with Gasteiger partial charge in [-0.3, -0.25) is 14.4 Å². The molecule has 0 saturated carbocycles. The predicted molar refractivity (Wildman–Crippen MR) is 98.5 cm³/mol. The van der Waals surface area contributed by atoms with Crippen molar-refractivity contribution in [2.75, 3.05) is 24.5 Å². The summed E-state index contributed by atoms with van der Waals surface area (Å²) >= 11 is 12.2. The summed E-state index contributed by atoms with van der Waals surface area (Å²) in [5.41, 5.74) is -0.473. The summed E-state index contributed by atoms with van der Waals surface area (Å²) in [5.74, 6) is -2.34. The molecule has 2 amide bonds. The van der Waals surface area contributed by atoms with E-state index in [1.165, 1.54) is 9.80 Å². The number of halogens is 2. The van der Waals surface area contributed by atoms with E-state index in [4.69, 9.17) is 23.2 Å². The number of piperidine rings is 1. The molecule has 1 aromatic carbocycles. The zero-order valence-electron chi connectivity index (χ0n) is 14.4. The highest BCUT2D eigenvalue weighted by Gasteiger charge is 2.44. The fourth-order valence-corrected chi connectivity index (χ4v) is 4.05. The number of carbonyl (C=O) groups excluding carboxylic acids is 2. The van der Waals surface area contributed by atoms with Crippen LogP contribution in [0.3, 0.4) is 0 Å². The van der Waals surface area contributed by atoms with Crippen LogP contribution in [0.25, 0.3) is 0 Å². The van der Waals surface area contributed by atoms with Crippen LogP contribution in [0.15, 0.2) is 18.2 Å². The molecule has 26 heavy (non-hydrogen) atoms. The molecule has 2 heterocycles. The molecule has 6 nitrogen and oxygen atoms in total. The minimum atomic E-state index is -0.967. The van der Waals surface area contributed by atoms with Crippen molar-refractivity contribution in [3.05, 3.63) is 28.2 Å². The van der Waals surface area contributed by atoms with Crippen LogP contribution >= 0.6 is 23.2 Å². The average Bonchev–Trinajstić information content (AvgIpc) is 2.97. The van der Waals surface area contributed by atoms with E-state index in [0.717, 1.165) is 0 Å². The van der Waals surface area contributed by atoms with Crippen molar-refractivity contribution in [2.24, 2.45) is 11.3 Å². The second kappa shape index (κ2) is 7.08. The van der Waals surface area contributed by atoms with Crippen LogP contribution in [-0.4, -0.2) is 47.4 Å². The molecule has 2 aliphatic heterocycles. The fraction of sp³-hybridized carbons (Fsp3) is 0.500. The van der Waals surface area contributed by atoms with Gasteiger partial charge in [-0.25, -0.2) is 0 Å². The number of carboxylic acid groups (broad SMARTS) is 1. The van der Waals surface area contributed by atoms with E-state index in [9.17, 15) is 19.5 Å². The first kappa shape index (κ1) is 19.0. The first-order valence-corrected chi connectivity index (χ1v) is 9.27. The van der Waals surface area contributed by atoms with Crippen LogP contribution in [0, 0.1) is 11.3 Å². The lowest BCUT2D eigenvalue weighted by molar-refractivity contribution is -0.154. The molecule has 0 bridgehead atoms. The number of rotatable bonds is 3. The largest absolute Gasteiger partial charge is 0.481 e. The zero-order valence-corrected chi connectivity index (χ0v) is 15.9. The molecule has 2 atom stereocenters. The summed E-state index contributed by atoms with van der Waals surface area (Å²) in [7, 11) is 0. The van der Waals surface area contributed by atoms with Gasteiger partial charge < -0.3 is 14.9 Å². The third-order valence-corrected chi connectivity index (χ3v) is 5.78. The standard InChI is InChI=1S/C18H20Cl2N2O4/c1-18(17(25)26)6-2-7-21(10-18)15(23)12-5-8-22(16(12)24)14-9-11(19)3-4-13(14)20/h3-4,9,12H,2,5-8,10H2,1H3,(H,25,26). The second-order valence-corrected chi connectivity index (χ2v) is 8.00. The Hall–Kier alpha value is -1.79. The van der Waals surface area contributed by atoms with Gasteiger partial charge in [0.2, 0.25) is 11.8 Å². The van der Waals surface area contributed by atoms with Crippen LogP contribution < -0.4 is 4.90 Å². The maximum Gasteiger partial charge on any atom is 0.311 e. The second-order valence-electron chi connectivity index (χ2n) is 7.16. The number of anilines is 1. The molecular formula is C18H20Cl2N2O4. The van der Waals surface area contributed by atoms with E-state index >= 15 is 0 Å². The first-order chi connectivity index (χ1) is 12.2. The first-order valence-electron chi connectivity index (χ1n) is 8.51. The summed E-state index contributed by atoms with van der Waals surface area (Å²) in [6, 6.07) is 4.86. The zero-order chi connectivity index (χ0) is 19.1. The van der Waals surface area contributed by atoms with Crippen LogP contribution in [0.5, 0.6) is 0 Å². The highest BCUT2D eigenvalue weighted by atomic mass is 35.5. The Kier molecular flexibility index (Phi) is 5.17. The van der Waals surface area contributed by atoms with Gasteiger partial charge in [-0.15, -0.1) is 0 Å². The summed E-state index contributed by atoms with van der Waals surface area (Å²) in [6.07, 6.45) is 1.51. The molecule has 1 aromatic rings. The highest BCUT2D eigenvalue weighted by Crippen LogP contribution is 2.35. The summed E-state index contributed by atoms with van der Waals surface area (Å²) in [4.78, 5) is 40.2. The molecule has 140 valence electrons. The quantitative estimate of drug-likeness (QED) is 0.793. The van der Waals surface area contributed by atoms with Crippen LogP contribution in [0.1, 0.15) is 26.2 Å². The van der Waals surface area contributed by atoms with Crippen LogP contribution in [0.4, 0.5) is 5.69 Å². The van der Waals surface area contributed by atoms with Gasteiger partial charge in [0, 0.05) is 24.7 Å². The Morgan fingerprint density at radius 3 is 2.69 bits per heavy atom. The third-order valence-electron chi connectivity index (χ3n) is 5.23. The number of carbonyl (C=O) groups is 3. The maximum atomic E-state index is 12.9. The molecule has 2 saturated heterocycles. The van der Waals surface area contributed by atoms with Crippen molar-refractivity contribution < 1.29 is 19.5 Å². The Morgan fingerprint density at radius 1 is 1.27 bits per heavy atom. The monoisotopic (exact) mass is 398 g/mol. The molecule has 1 N–H and O–H groups in total. The van der Waals surface area contributed by atoms with Crippen molar-refractivity contribution in [3.63, 3.8) is 0 Å². The van der Waals surface area contributed by atoms with Crippen molar-refractivity contribution >= 4 is 46.7 Å². The normalized spacial score (nSPS) is 26.3. The van der Waals surface area contributed by atoms with E-state index in [-0.39, 0.29) is 18.4 Å². The Labute approximate surface area is 161 Å². The van der Waals surface area contributed by atoms with E-state index in [2.05, 4.69) is 0 Å². The van der Waals surface area contributed by atoms with Crippen LogP contribution in [-0.2, 0) is 14.4 Å². The van der Waals surface area contributed by atoms with Gasteiger partial charge in [0.1, 0.15) is 5.92 Å². The maximum absolute atomic E-state index is 12.9. The minimum absolute atomic E-state index is 0.128. The van der Waals surface area contributed by atoms with Crippen molar-refractivity contribution in [1.29, 1.82) is 0 Å². The van der Waals surface area contributed by atoms with Crippen molar-refractivity contribution in [3.8, 4) is 0 Å². The molecule has 2 fully saturated rings. The lowest BCUT2D eigenvalue weighted by Crippen LogP contribution is -2.51. The van der Waals surface area contributed by atoms with Gasteiger partial charge in [-0.2, -0.15) is 0 Å². The molecular weight excluding hydrogens is 379 g/mol. The number of hydrogen-bond donors (Lipinski definition) is 1. The molecule has 0 spiro atoms. The average molecular weight is 399 g/mol. The van der Waals surface area contributed by atoms with Gasteiger partial charge in [-0.05, 0) is 44.4 Å². The Balaban J connectivity index is 1.76. The van der Waals surface area contributed by atoms with Gasteiger partial charge in [0.05, 0.1) is 16.1 Å². The summed E-state index contributed by atoms with van der Waals surface area (Å²) in [5, 5.41) is 10.3. The van der Waals surface area contributed by atoms with E-state index < -0.39 is 17.3 Å². The van der Waals surface area contributed by atoms with Crippen LogP contribution in [0.2, 0.25) is 10.0 Å². The molecule has 2 unspecified atom stereocenters. The SMILES string of the molecule is CC1(C(=O)O)CCCN(C(=O)C2CCN(c3cc(Cl)ccc3Cl)C2=O)C1. The van der Waals surface area contributed by atoms with Gasteiger partial charge in [0.15, 0.2) is 0 Å². The number of amides is 2. The van der Waals surface area contributed by atoms with Gasteiger partial charge in [0.25, 0.3) is 0 Å². The Bertz CT molecular complexity index is 770. The molecule has 8 heteroatoms. The molecule has 3 rings (SSSR count). The van der Waals surface area contributed by atoms with E-state index in [0.29, 0.717) is 48.1 Å². The predicted octanol–water partition coefficient (Wildman–Crippen LogP) is 3.06. The van der Waals surface area contributed by atoms with E-state index in [1.807, 2.05) is 0 Å². The van der Waals surface area contributed by atoms with Crippen molar-refractivity contribution in [1.82, 2.24) is 4.90 Å². The highest BCUT2D eigenvalue weighted by molar-refractivity contribution is 6.36. The molecule has 0 aromatic heterocycles. The third kappa shape index (κ3) is 3.40. The van der Waals surface area contributed by atoms with Crippen molar-refractivity contribution in [2.45, 2.75) is 26.2 Å². The number of aliphatic carboxylic acids is 1. The molecule has 0 radical (unpaired) electrons. The number of nitrogens with zero attached hydrogens (tertiary/aromatic N) is 2. The number of likely N-dealkylation sites (tertiary alicyclic amines) is 1. The lowest BCUT2D eigenvalue weighted by atomic mass is 9.81. The lowest BCUT2D eigenvalue weighted by Gasteiger charge is -2.38.